The highest BCUT2D eigenvalue weighted by atomic mass is 28.3. The summed E-state index contributed by atoms with van der Waals surface area (Å²) < 4.78 is 0. The highest BCUT2D eigenvalue weighted by Crippen LogP contribution is 2.41. The molecule has 0 spiro atoms. The molecule has 0 aliphatic heterocycles. The predicted molar refractivity (Wildman–Crippen MR) is 76.3 cm³/mol. The minimum Gasteiger partial charge on any atom is -0.393 e. The van der Waals surface area contributed by atoms with Gasteiger partial charge < -0.3 is 5.11 Å². The Kier molecular flexibility index (Phi) is 3.74. The fourth-order valence-corrected chi connectivity index (χ4v) is 7.38. The van der Waals surface area contributed by atoms with E-state index in [4.69, 9.17) is 0 Å². The average Bonchev–Trinajstić information content (AvgIpc) is 2.33. The van der Waals surface area contributed by atoms with E-state index in [0.29, 0.717) is 11.5 Å². The molecule has 1 aliphatic carbocycles. The number of benzene rings is 1. The van der Waals surface area contributed by atoms with Gasteiger partial charge in [-0.15, -0.1) is 0 Å². The Morgan fingerprint density at radius 2 is 1.76 bits per heavy atom. The van der Waals surface area contributed by atoms with Crippen LogP contribution in [0.15, 0.2) is 30.3 Å². The van der Waals surface area contributed by atoms with E-state index in [0.717, 1.165) is 6.42 Å². The highest BCUT2D eigenvalue weighted by Gasteiger charge is 2.41. The lowest BCUT2D eigenvalue weighted by Crippen LogP contribution is -2.51. The summed E-state index contributed by atoms with van der Waals surface area (Å²) in [5.41, 5.74) is 0.716. The molecule has 0 bridgehead atoms. The molecule has 1 aromatic rings. The maximum Gasteiger partial charge on any atom is 0.0840 e. The van der Waals surface area contributed by atoms with E-state index >= 15 is 0 Å². The summed E-state index contributed by atoms with van der Waals surface area (Å²) >= 11 is 0. The van der Waals surface area contributed by atoms with Crippen LogP contribution in [0.3, 0.4) is 0 Å². The minimum absolute atomic E-state index is 0.0794. The molecule has 0 saturated heterocycles. The van der Waals surface area contributed by atoms with E-state index in [1.807, 2.05) is 0 Å². The number of aliphatic hydroxyl groups is 1. The van der Waals surface area contributed by atoms with Gasteiger partial charge in [-0.2, -0.15) is 0 Å². The summed E-state index contributed by atoms with van der Waals surface area (Å²) in [6.07, 6.45) is 3.41. The number of hydrogen-bond acceptors (Lipinski definition) is 1. The molecule has 2 rings (SSSR count). The Labute approximate surface area is 106 Å². The minimum atomic E-state index is -1.44. The SMILES string of the molecule is C[C@H]1[C@H]([Si](C)(C)c2ccccc2)CCC[C@@H]1O. The van der Waals surface area contributed by atoms with Crippen molar-refractivity contribution in [3.8, 4) is 0 Å². The Balaban J connectivity index is 2.25. The molecular formula is C15H24OSi. The van der Waals surface area contributed by atoms with E-state index in [9.17, 15) is 5.11 Å². The molecular weight excluding hydrogens is 224 g/mol. The number of hydrogen-bond donors (Lipinski definition) is 1. The van der Waals surface area contributed by atoms with Crippen LogP contribution >= 0.6 is 0 Å². The summed E-state index contributed by atoms with van der Waals surface area (Å²) in [6, 6.07) is 10.9. The van der Waals surface area contributed by atoms with Crippen LogP contribution in [0.1, 0.15) is 26.2 Å². The van der Waals surface area contributed by atoms with Gasteiger partial charge >= 0.3 is 0 Å². The van der Waals surface area contributed by atoms with Crippen LogP contribution < -0.4 is 5.19 Å². The first-order chi connectivity index (χ1) is 8.03. The molecule has 1 aliphatic rings. The molecule has 0 amide bonds. The molecule has 1 N–H and O–H groups in total. The molecule has 1 nitrogen and oxygen atoms in total. The molecule has 17 heavy (non-hydrogen) atoms. The van der Waals surface area contributed by atoms with Crippen molar-refractivity contribution in [2.75, 3.05) is 0 Å². The fourth-order valence-electron chi connectivity index (χ4n) is 3.44. The standard InChI is InChI=1S/C15H24OSi/c1-12-14(16)10-7-11-15(12)17(2,3)13-8-5-4-6-9-13/h4-6,8-9,12,14-16H,7,10-11H2,1-3H3/t12-,14+,15-/m1/s1. The van der Waals surface area contributed by atoms with Gasteiger partial charge in [0.15, 0.2) is 0 Å². The normalized spacial score (nSPS) is 30.2. The van der Waals surface area contributed by atoms with Crippen LogP contribution in [0.2, 0.25) is 18.6 Å². The van der Waals surface area contributed by atoms with E-state index in [-0.39, 0.29) is 6.10 Å². The van der Waals surface area contributed by atoms with Gasteiger partial charge in [0.05, 0.1) is 14.2 Å². The Hall–Kier alpha value is -0.603. The lowest BCUT2D eigenvalue weighted by Gasteiger charge is -2.42. The van der Waals surface area contributed by atoms with Crippen molar-refractivity contribution in [1.82, 2.24) is 0 Å². The largest absolute Gasteiger partial charge is 0.393 e. The number of aliphatic hydroxyl groups excluding tert-OH is 1. The third-order valence-electron chi connectivity index (χ3n) is 4.70. The Morgan fingerprint density at radius 3 is 2.41 bits per heavy atom. The predicted octanol–water partition coefficient (Wildman–Crippen LogP) is 3.15. The summed E-state index contributed by atoms with van der Waals surface area (Å²) in [6.45, 7) is 7.16. The summed E-state index contributed by atoms with van der Waals surface area (Å²) in [4.78, 5) is 0. The summed E-state index contributed by atoms with van der Waals surface area (Å²) in [7, 11) is -1.44. The van der Waals surface area contributed by atoms with Gasteiger partial charge in [0.25, 0.3) is 0 Å². The van der Waals surface area contributed by atoms with Crippen LogP contribution in [-0.4, -0.2) is 19.3 Å². The van der Waals surface area contributed by atoms with Gasteiger partial charge in [0, 0.05) is 0 Å². The molecule has 1 fully saturated rings. The quantitative estimate of drug-likeness (QED) is 0.797. The lowest BCUT2D eigenvalue weighted by atomic mass is 9.87. The maximum atomic E-state index is 10.1. The molecule has 94 valence electrons. The maximum absolute atomic E-state index is 10.1. The van der Waals surface area contributed by atoms with Gasteiger partial charge in [0.2, 0.25) is 0 Å². The first-order valence-corrected chi connectivity index (χ1v) is 9.85. The van der Waals surface area contributed by atoms with Crippen LogP contribution in [0.4, 0.5) is 0 Å². The summed E-state index contributed by atoms with van der Waals surface area (Å²) in [5, 5.41) is 11.6. The Morgan fingerprint density at radius 1 is 1.12 bits per heavy atom. The van der Waals surface area contributed by atoms with Crippen molar-refractivity contribution in [2.24, 2.45) is 5.92 Å². The van der Waals surface area contributed by atoms with Crippen molar-refractivity contribution >= 4 is 13.3 Å². The second-order valence-corrected chi connectivity index (χ2v) is 10.8. The Bertz CT molecular complexity index is 360. The van der Waals surface area contributed by atoms with Crippen LogP contribution in [-0.2, 0) is 0 Å². The third-order valence-corrected chi connectivity index (χ3v) is 9.19. The molecule has 0 unspecified atom stereocenters. The smallest absolute Gasteiger partial charge is 0.0840 e. The van der Waals surface area contributed by atoms with Crippen LogP contribution in [0, 0.1) is 5.92 Å². The van der Waals surface area contributed by atoms with Crippen molar-refractivity contribution in [2.45, 2.75) is 50.9 Å². The second-order valence-electron chi connectivity index (χ2n) is 6.05. The first-order valence-electron chi connectivity index (χ1n) is 6.77. The van der Waals surface area contributed by atoms with Crippen molar-refractivity contribution in [1.29, 1.82) is 0 Å². The fraction of sp³-hybridized carbons (Fsp3) is 0.600. The molecule has 0 radical (unpaired) electrons. The zero-order valence-electron chi connectivity index (χ0n) is 11.2. The highest BCUT2D eigenvalue weighted by molar-refractivity contribution is 6.91. The van der Waals surface area contributed by atoms with Gasteiger partial charge in [-0.25, -0.2) is 0 Å². The van der Waals surface area contributed by atoms with Gasteiger partial charge in [-0.3, -0.25) is 0 Å². The van der Waals surface area contributed by atoms with E-state index in [1.54, 1.807) is 0 Å². The van der Waals surface area contributed by atoms with Crippen LogP contribution in [0.5, 0.6) is 0 Å². The lowest BCUT2D eigenvalue weighted by molar-refractivity contribution is 0.0781. The van der Waals surface area contributed by atoms with Gasteiger partial charge in [-0.05, 0) is 17.9 Å². The monoisotopic (exact) mass is 248 g/mol. The molecule has 1 saturated carbocycles. The van der Waals surface area contributed by atoms with E-state index in [1.165, 1.54) is 18.0 Å². The first kappa shape index (κ1) is 12.8. The van der Waals surface area contributed by atoms with Crippen molar-refractivity contribution < 1.29 is 5.11 Å². The topological polar surface area (TPSA) is 20.2 Å². The molecule has 3 atom stereocenters. The van der Waals surface area contributed by atoms with Gasteiger partial charge in [0.1, 0.15) is 0 Å². The molecule has 0 heterocycles. The van der Waals surface area contributed by atoms with Crippen molar-refractivity contribution in [3.05, 3.63) is 30.3 Å². The average molecular weight is 248 g/mol. The van der Waals surface area contributed by atoms with E-state index in [2.05, 4.69) is 50.3 Å². The number of rotatable bonds is 2. The zero-order valence-corrected chi connectivity index (χ0v) is 12.2. The van der Waals surface area contributed by atoms with Gasteiger partial charge in [-0.1, -0.05) is 68.4 Å². The zero-order chi connectivity index (χ0) is 12.5. The molecule has 0 aromatic heterocycles. The summed E-state index contributed by atoms with van der Waals surface area (Å²) in [5.74, 6) is 0.464. The van der Waals surface area contributed by atoms with Crippen LogP contribution in [0.25, 0.3) is 0 Å². The molecule has 1 aromatic carbocycles. The second kappa shape index (κ2) is 4.95. The third kappa shape index (κ3) is 2.48. The molecule has 2 heteroatoms. The van der Waals surface area contributed by atoms with E-state index < -0.39 is 8.07 Å². The van der Waals surface area contributed by atoms with Crippen molar-refractivity contribution in [3.63, 3.8) is 0 Å².